The number of ether oxygens (including phenoxy) is 4. The van der Waals surface area contributed by atoms with Crippen molar-refractivity contribution >= 4 is 17.5 Å². The van der Waals surface area contributed by atoms with E-state index in [0.717, 1.165) is 17.7 Å². The summed E-state index contributed by atoms with van der Waals surface area (Å²) in [5.41, 5.74) is 1.38. The van der Waals surface area contributed by atoms with Crippen LogP contribution in [-0.4, -0.2) is 25.9 Å². The number of fused-ring (bicyclic) bond motifs is 2. The van der Waals surface area contributed by atoms with Crippen LogP contribution in [0.4, 0.5) is 0 Å². The lowest BCUT2D eigenvalue weighted by molar-refractivity contribution is 0.0925. The van der Waals surface area contributed by atoms with E-state index in [-0.39, 0.29) is 24.7 Å². The van der Waals surface area contributed by atoms with Crippen molar-refractivity contribution in [1.82, 2.24) is 5.32 Å². The van der Waals surface area contributed by atoms with Crippen molar-refractivity contribution in [2.45, 2.75) is 26.3 Å². The van der Waals surface area contributed by atoms with Crippen molar-refractivity contribution in [1.29, 1.82) is 0 Å². The fourth-order valence-electron chi connectivity index (χ4n) is 3.33. The Balaban J connectivity index is 1.58. The molecule has 2 aromatic carbocycles. The number of hydrogen-bond acceptors (Lipinski definition) is 5. The highest BCUT2D eigenvalue weighted by Gasteiger charge is 2.24. The van der Waals surface area contributed by atoms with Gasteiger partial charge in [-0.15, -0.1) is 0 Å². The molecule has 4 rings (SSSR count). The monoisotopic (exact) mass is 403 g/mol. The first-order valence-corrected chi connectivity index (χ1v) is 9.70. The summed E-state index contributed by atoms with van der Waals surface area (Å²) < 4.78 is 22.2. The van der Waals surface area contributed by atoms with E-state index in [1.54, 1.807) is 12.1 Å². The molecule has 2 heterocycles. The van der Waals surface area contributed by atoms with Gasteiger partial charge in [-0.2, -0.15) is 0 Å². The Morgan fingerprint density at radius 1 is 1.00 bits per heavy atom. The molecule has 0 bridgehead atoms. The Morgan fingerprint density at radius 3 is 2.57 bits per heavy atom. The average molecular weight is 404 g/mol. The standard InChI is InChI=1S/C21H22ClNO5/c1-12(2)19(13-4-5-16-17(9-13)26-7-3-6-25-16)23-21(24)14-8-15(22)20-18(10-14)27-11-28-20/h4-5,8-10,12,19H,3,6-7,11H2,1-2H3,(H,23,24). The molecule has 28 heavy (non-hydrogen) atoms. The highest BCUT2D eigenvalue weighted by atomic mass is 35.5. The topological polar surface area (TPSA) is 66.0 Å². The Labute approximate surface area is 168 Å². The van der Waals surface area contributed by atoms with Gasteiger partial charge in [0.05, 0.1) is 24.3 Å². The minimum Gasteiger partial charge on any atom is -0.490 e. The van der Waals surface area contributed by atoms with Crippen molar-refractivity contribution in [3.05, 3.63) is 46.5 Å². The highest BCUT2D eigenvalue weighted by molar-refractivity contribution is 6.32. The third-order valence-electron chi connectivity index (χ3n) is 4.77. The van der Waals surface area contributed by atoms with Crippen LogP contribution in [0.25, 0.3) is 0 Å². The molecule has 1 atom stereocenters. The van der Waals surface area contributed by atoms with E-state index < -0.39 is 0 Å². The zero-order valence-corrected chi connectivity index (χ0v) is 16.5. The maximum atomic E-state index is 12.9. The summed E-state index contributed by atoms with van der Waals surface area (Å²) in [4.78, 5) is 12.9. The second kappa shape index (κ2) is 7.80. The second-order valence-corrected chi connectivity index (χ2v) is 7.55. The van der Waals surface area contributed by atoms with Gasteiger partial charge in [0.1, 0.15) is 0 Å². The molecule has 1 N–H and O–H groups in total. The zero-order valence-electron chi connectivity index (χ0n) is 15.8. The van der Waals surface area contributed by atoms with E-state index in [0.29, 0.717) is 41.0 Å². The van der Waals surface area contributed by atoms with Crippen LogP contribution in [0.5, 0.6) is 23.0 Å². The smallest absolute Gasteiger partial charge is 0.251 e. The summed E-state index contributed by atoms with van der Waals surface area (Å²) in [5.74, 6) is 2.33. The number of carbonyl (C=O) groups excluding carboxylic acids is 1. The molecule has 0 fully saturated rings. The summed E-state index contributed by atoms with van der Waals surface area (Å²) in [6, 6.07) is 8.84. The number of benzene rings is 2. The Morgan fingerprint density at radius 2 is 1.79 bits per heavy atom. The van der Waals surface area contributed by atoms with Crippen molar-refractivity contribution in [3.8, 4) is 23.0 Å². The van der Waals surface area contributed by atoms with Crippen LogP contribution in [0.1, 0.15) is 42.2 Å². The lowest BCUT2D eigenvalue weighted by Crippen LogP contribution is -2.31. The molecule has 2 aliphatic heterocycles. The number of hydrogen-bond donors (Lipinski definition) is 1. The van der Waals surface area contributed by atoms with Gasteiger partial charge in [0.2, 0.25) is 6.79 Å². The fourth-order valence-corrected chi connectivity index (χ4v) is 3.60. The molecule has 0 radical (unpaired) electrons. The third kappa shape index (κ3) is 3.69. The third-order valence-corrected chi connectivity index (χ3v) is 5.05. The second-order valence-electron chi connectivity index (χ2n) is 7.14. The molecule has 0 saturated carbocycles. The summed E-state index contributed by atoms with van der Waals surface area (Å²) >= 11 is 6.21. The van der Waals surface area contributed by atoms with Gasteiger partial charge in [-0.1, -0.05) is 31.5 Å². The molecule has 6 nitrogen and oxygen atoms in total. The van der Waals surface area contributed by atoms with E-state index in [4.69, 9.17) is 30.5 Å². The first-order valence-electron chi connectivity index (χ1n) is 9.32. The molecule has 0 aromatic heterocycles. The molecular formula is C21H22ClNO5. The van der Waals surface area contributed by atoms with Gasteiger partial charge in [-0.05, 0) is 35.7 Å². The van der Waals surface area contributed by atoms with Crippen LogP contribution >= 0.6 is 11.6 Å². The minimum absolute atomic E-state index is 0.103. The van der Waals surface area contributed by atoms with Crippen molar-refractivity contribution in [2.24, 2.45) is 5.92 Å². The maximum Gasteiger partial charge on any atom is 0.251 e. The van der Waals surface area contributed by atoms with Gasteiger partial charge < -0.3 is 24.3 Å². The molecule has 0 aliphatic carbocycles. The number of amides is 1. The Hall–Kier alpha value is -2.60. The van der Waals surface area contributed by atoms with E-state index in [1.165, 1.54) is 0 Å². The van der Waals surface area contributed by atoms with Crippen LogP contribution in [0.2, 0.25) is 5.02 Å². The lowest BCUT2D eigenvalue weighted by Gasteiger charge is -2.24. The van der Waals surface area contributed by atoms with E-state index >= 15 is 0 Å². The van der Waals surface area contributed by atoms with Crippen LogP contribution in [0.15, 0.2) is 30.3 Å². The predicted octanol–water partition coefficient (Wildman–Crippen LogP) is 4.36. The van der Waals surface area contributed by atoms with E-state index in [2.05, 4.69) is 19.2 Å². The number of rotatable bonds is 4. The molecule has 148 valence electrons. The van der Waals surface area contributed by atoms with Crippen molar-refractivity contribution in [2.75, 3.05) is 20.0 Å². The first kappa shape index (κ1) is 18.7. The predicted molar refractivity (Wildman–Crippen MR) is 105 cm³/mol. The summed E-state index contributed by atoms with van der Waals surface area (Å²) in [6.07, 6.45) is 0.846. The van der Waals surface area contributed by atoms with Gasteiger partial charge >= 0.3 is 0 Å². The Kier molecular flexibility index (Phi) is 5.22. The average Bonchev–Trinajstić information content (AvgIpc) is 3.03. The minimum atomic E-state index is -0.231. The van der Waals surface area contributed by atoms with E-state index in [1.807, 2.05) is 18.2 Å². The van der Waals surface area contributed by atoms with Crippen LogP contribution in [0.3, 0.4) is 0 Å². The molecule has 1 amide bonds. The SMILES string of the molecule is CC(C)C(NC(=O)c1cc(Cl)c2c(c1)OCO2)c1ccc2c(c1)OCCCO2. The van der Waals surface area contributed by atoms with Crippen LogP contribution < -0.4 is 24.3 Å². The van der Waals surface area contributed by atoms with Crippen molar-refractivity contribution in [3.63, 3.8) is 0 Å². The van der Waals surface area contributed by atoms with Crippen LogP contribution in [0, 0.1) is 5.92 Å². The molecular weight excluding hydrogens is 382 g/mol. The molecule has 0 spiro atoms. The zero-order chi connectivity index (χ0) is 19.7. The highest BCUT2D eigenvalue weighted by Crippen LogP contribution is 2.40. The van der Waals surface area contributed by atoms with Crippen molar-refractivity contribution < 1.29 is 23.7 Å². The fraction of sp³-hybridized carbons (Fsp3) is 0.381. The van der Waals surface area contributed by atoms with Crippen LogP contribution in [-0.2, 0) is 0 Å². The number of halogens is 1. The molecule has 2 aromatic rings. The number of carbonyl (C=O) groups is 1. The summed E-state index contributed by atoms with van der Waals surface area (Å²) in [5, 5.41) is 3.46. The van der Waals surface area contributed by atoms with E-state index in [9.17, 15) is 4.79 Å². The van der Waals surface area contributed by atoms with Gasteiger partial charge in [0, 0.05) is 12.0 Å². The molecule has 1 unspecified atom stereocenters. The quantitative estimate of drug-likeness (QED) is 0.821. The summed E-state index contributed by atoms with van der Waals surface area (Å²) in [7, 11) is 0. The molecule has 7 heteroatoms. The molecule has 2 aliphatic rings. The van der Waals surface area contributed by atoms with Gasteiger partial charge in [-0.25, -0.2) is 0 Å². The number of nitrogens with one attached hydrogen (secondary N) is 1. The molecule has 0 saturated heterocycles. The lowest BCUT2D eigenvalue weighted by atomic mass is 9.95. The Bertz CT molecular complexity index is 899. The summed E-state index contributed by atoms with van der Waals surface area (Å²) in [6.45, 7) is 5.47. The normalized spacial score (nSPS) is 15.9. The largest absolute Gasteiger partial charge is 0.490 e. The first-order chi connectivity index (χ1) is 13.5. The maximum absolute atomic E-state index is 12.9. The van der Waals surface area contributed by atoms with Gasteiger partial charge in [-0.3, -0.25) is 4.79 Å². The van der Waals surface area contributed by atoms with Gasteiger partial charge in [0.15, 0.2) is 23.0 Å². The van der Waals surface area contributed by atoms with Gasteiger partial charge in [0.25, 0.3) is 5.91 Å².